The van der Waals surface area contributed by atoms with Crippen molar-refractivity contribution in [1.82, 2.24) is 4.57 Å². The van der Waals surface area contributed by atoms with Gasteiger partial charge in [-0.15, -0.1) is 0 Å². The van der Waals surface area contributed by atoms with Gasteiger partial charge >= 0.3 is 0 Å². The number of para-hydroxylation sites is 2. The number of aromatic nitrogens is 1. The lowest BCUT2D eigenvalue weighted by Crippen LogP contribution is -2.11. The van der Waals surface area contributed by atoms with Gasteiger partial charge in [0.05, 0.1) is 16.7 Å². The van der Waals surface area contributed by atoms with Crippen LogP contribution in [0.2, 0.25) is 0 Å². The molecule has 1 aromatic heterocycles. The molecular formula is C64H42N2. The van der Waals surface area contributed by atoms with Gasteiger partial charge in [0.15, 0.2) is 0 Å². The fourth-order valence-electron chi connectivity index (χ4n) is 10.6. The molecule has 0 unspecified atom stereocenters. The van der Waals surface area contributed by atoms with E-state index in [2.05, 4.69) is 264 Å². The Kier molecular flexibility index (Phi) is 8.89. The van der Waals surface area contributed by atoms with Gasteiger partial charge in [-0.3, -0.25) is 0 Å². The molecule has 0 aliphatic rings. The molecule has 0 spiro atoms. The van der Waals surface area contributed by atoms with Crippen LogP contribution in [0.4, 0.5) is 17.1 Å². The van der Waals surface area contributed by atoms with E-state index in [9.17, 15) is 0 Å². The van der Waals surface area contributed by atoms with E-state index in [1.54, 1.807) is 0 Å². The van der Waals surface area contributed by atoms with Crippen LogP contribution in [0.15, 0.2) is 255 Å². The van der Waals surface area contributed by atoms with E-state index in [0.717, 1.165) is 22.7 Å². The van der Waals surface area contributed by atoms with Crippen molar-refractivity contribution in [3.05, 3.63) is 255 Å². The lowest BCUT2D eigenvalue weighted by Gasteiger charge is -2.29. The van der Waals surface area contributed by atoms with Crippen molar-refractivity contribution in [2.45, 2.75) is 0 Å². The predicted molar refractivity (Wildman–Crippen MR) is 282 cm³/mol. The van der Waals surface area contributed by atoms with Gasteiger partial charge in [0.1, 0.15) is 0 Å². The van der Waals surface area contributed by atoms with Gasteiger partial charge in [-0.25, -0.2) is 0 Å². The summed E-state index contributed by atoms with van der Waals surface area (Å²) >= 11 is 0. The summed E-state index contributed by atoms with van der Waals surface area (Å²) in [6, 6.07) is 93.4. The minimum atomic E-state index is 1.09. The minimum Gasteiger partial charge on any atom is -0.310 e. The quantitative estimate of drug-likeness (QED) is 0.145. The summed E-state index contributed by atoms with van der Waals surface area (Å²) in [4.78, 5) is 2.47. The maximum absolute atomic E-state index is 2.47. The van der Waals surface area contributed by atoms with Gasteiger partial charge in [-0.05, 0) is 132 Å². The molecule has 1 heterocycles. The van der Waals surface area contributed by atoms with Crippen LogP contribution in [-0.4, -0.2) is 4.57 Å². The minimum absolute atomic E-state index is 1.09. The predicted octanol–water partition coefficient (Wildman–Crippen LogP) is 17.9. The summed E-state index contributed by atoms with van der Waals surface area (Å²) in [6.07, 6.45) is 0. The van der Waals surface area contributed by atoms with Gasteiger partial charge in [0.2, 0.25) is 0 Å². The van der Waals surface area contributed by atoms with Crippen LogP contribution < -0.4 is 4.90 Å². The third-order valence-corrected chi connectivity index (χ3v) is 13.5. The third-order valence-electron chi connectivity index (χ3n) is 13.5. The molecule has 0 N–H and O–H groups in total. The largest absolute Gasteiger partial charge is 0.310 e. The van der Waals surface area contributed by atoms with E-state index in [4.69, 9.17) is 0 Å². The number of hydrogen-bond donors (Lipinski definition) is 0. The number of anilines is 3. The van der Waals surface area contributed by atoms with E-state index < -0.39 is 0 Å². The van der Waals surface area contributed by atoms with Crippen LogP contribution in [0.5, 0.6) is 0 Å². The van der Waals surface area contributed by atoms with Crippen molar-refractivity contribution < 1.29 is 0 Å². The second-order valence-corrected chi connectivity index (χ2v) is 17.2. The Balaban J connectivity index is 1.04. The van der Waals surface area contributed by atoms with Gasteiger partial charge in [-0.2, -0.15) is 0 Å². The number of rotatable bonds is 7. The average molecular weight is 839 g/mol. The topological polar surface area (TPSA) is 8.17 Å². The molecule has 2 nitrogen and oxygen atoms in total. The van der Waals surface area contributed by atoms with E-state index in [1.165, 1.54) is 98.3 Å². The fourth-order valence-corrected chi connectivity index (χ4v) is 10.6. The molecule has 13 aromatic rings. The molecule has 2 heteroatoms. The van der Waals surface area contributed by atoms with Crippen LogP contribution in [0.25, 0.3) is 104 Å². The van der Waals surface area contributed by atoms with E-state index in [0.29, 0.717) is 0 Å². The van der Waals surface area contributed by atoms with Crippen LogP contribution in [0.3, 0.4) is 0 Å². The highest BCUT2D eigenvalue weighted by molar-refractivity contribution is 6.23. The highest BCUT2D eigenvalue weighted by atomic mass is 15.1. The molecule has 66 heavy (non-hydrogen) atoms. The standard InChI is InChI=1S/C64H42N2/c1-4-18-44(19-5-1)63-57-30-15-13-27-53(57)54-38-37-50(42-59(54)64(63)45-20-6-2-7-21-45)65(62-41-47-22-10-11-25-51(47)52-26-12-14-28-55(52)62)49-35-32-43(33-36-49)46-34-39-61-58(40-46)56-29-16-17-31-60(56)66(61)48-23-8-3-9-24-48/h1-42H. The molecular weight excluding hydrogens is 797 g/mol. The van der Waals surface area contributed by atoms with Crippen molar-refractivity contribution in [1.29, 1.82) is 0 Å². The summed E-state index contributed by atoms with van der Waals surface area (Å²) in [6.45, 7) is 0. The molecule has 308 valence electrons. The first-order chi connectivity index (χ1) is 32.8. The average Bonchev–Trinajstić information content (AvgIpc) is 3.73. The summed E-state index contributed by atoms with van der Waals surface area (Å²) in [5.41, 5.74) is 14.1. The molecule has 13 rings (SSSR count). The monoisotopic (exact) mass is 838 g/mol. The van der Waals surface area contributed by atoms with Gasteiger partial charge in [0, 0.05) is 33.2 Å². The molecule has 0 fully saturated rings. The fraction of sp³-hybridized carbons (Fsp3) is 0. The normalized spacial score (nSPS) is 11.6. The van der Waals surface area contributed by atoms with Crippen molar-refractivity contribution in [2.24, 2.45) is 0 Å². The zero-order chi connectivity index (χ0) is 43.6. The zero-order valence-corrected chi connectivity index (χ0v) is 36.1. The number of hydrogen-bond acceptors (Lipinski definition) is 1. The van der Waals surface area contributed by atoms with Crippen LogP contribution in [0.1, 0.15) is 0 Å². The second kappa shape index (κ2) is 15.5. The van der Waals surface area contributed by atoms with Crippen molar-refractivity contribution in [3.63, 3.8) is 0 Å². The van der Waals surface area contributed by atoms with Crippen LogP contribution in [0, 0.1) is 0 Å². The van der Waals surface area contributed by atoms with Crippen LogP contribution in [-0.2, 0) is 0 Å². The third kappa shape index (κ3) is 6.11. The Morgan fingerprint density at radius 3 is 1.47 bits per heavy atom. The number of fused-ring (bicyclic) bond motifs is 9. The number of nitrogens with zero attached hydrogens (tertiary/aromatic N) is 2. The highest BCUT2D eigenvalue weighted by Gasteiger charge is 2.22. The van der Waals surface area contributed by atoms with E-state index >= 15 is 0 Å². The maximum atomic E-state index is 2.47. The lowest BCUT2D eigenvalue weighted by atomic mass is 9.85. The Bertz CT molecular complexity index is 3960. The van der Waals surface area contributed by atoms with E-state index in [1.807, 2.05) is 0 Å². The molecule has 0 aliphatic heterocycles. The Morgan fingerprint density at radius 1 is 0.258 bits per heavy atom. The number of benzene rings is 12. The molecule has 0 aliphatic carbocycles. The smallest absolute Gasteiger partial charge is 0.0546 e. The Morgan fingerprint density at radius 2 is 0.758 bits per heavy atom. The maximum Gasteiger partial charge on any atom is 0.0546 e. The first-order valence-corrected chi connectivity index (χ1v) is 22.8. The SMILES string of the molecule is c1ccc(-c2c(-c3ccccc3)c3cc(N(c4ccc(-c5ccc6c(c5)c5ccccc5n6-c5ccccc5)cc4)c4cc5ccccc5c5ccccc45)ccc3c3ccccc23)cc1. The van der Waals surface area contributed by atoms with E-state index in [-0.39, 0.29) is 0 Å². The molecule has 0 amide bonds. The van der Waals surface area contributed by atoms with Crippen LogP contribution >= 0.6 is 0 Å². The molecule has 12 aromatic carbocycles. The molecule has 0 atom stereocenters. The second-order valence-electron chi connectivity index (χ2n) is 17.2. The Hall–Kier alpha value is -8.72. The molecule has 0 bridgehead atoms. The van der Waals surface area contributed by atoms with Gasteiger partial charge < -0.3 is 9.47 Å². The van der Waals surface area contributed by atoms with Crippen molar-refractivity contribution >= 4 is 82.0 Å². The molecule has 0 saturated carbocycles. The van der Waals surface area contributed by atoms with Crippen molar-refractivity contribution in [3.8, 4) is 39.1 Å². The van der Waals surface area contributed by atoms with Crippen molar-refractivity contribution in [2.75, 3.05) is 4.90 Å². The summed E-state index contributed by atoms with van der Waals surface area (Å²) < 4.78 is 2.38. The van der Waals surface area contributed by atoms with Gasteiger partial charge in [0.25, 0.3) is 0 Å². The first kappa shape index (κ1) is 37.8. The summed E-state index contributed by atoms with van der Waals surface area (Å²) in [5.74, 6) is 0. The summed E-state index contributed by atoms with van der Waals surface area (Å²) in [5, 5.41) is 12.3. The zero-order valence-electron chi connectivity index (χ0n) is 36.1. The lowest BCUT2D eigenvalue weighted by molar-refractivity contribution is 1.18. The summed E-state index contributed by atoms with van der Waals surface area (Å²) in [7, 11) is 0. The first-order valence-electron chi connectivity index (χ1n) is 22.8. The van der Waals surface area contributed by atoms with Gasteiger partial charge in [-0.1, -0.05) is 194 Å². The highest BCUT2D eigenvalue weighted by Crippen LogP contribution is 2.48. The molecule has 0 saturated heterocycles. The Labute approximate surface area is 383 Å². The molecule has 0 radical (unpaired) electrons.